The molecular formula is C15H26N2O3. The van der Waals surface area contributed by atoms with Crippen LogP contribution >= 0.6 is 0 Å². The van der Waals surface area contributed by atoms with Crippen molar-refractivity contribution in [1.29, 1.82) is 0 Å². The van der Waals surface area contributed by atoms with Gasteiger partial charge in [-0.15, -0.1) is 0 Å². The summed E-state index contributed by atoms with van der Waals surface area (Å²) < 4.78 is 5.15. The first-order valence-corrected chi connectivity index (χ1v) is 7.66. The molecule has 1 aliphatic heterocycles. The summed E-state index contributed by atoms with van der Waals surface area (Å²) >= 11 is 0. The minimum Gasteiger partial charge on any atom is -0.384 e. The van der Waals surface area contributed by atoms with Crippen molar-refractivity contribution < 1.29 is 14.3 Å². The molecule has 0 aromatic heterocycles. The van der Waals surface area contributed by atoms with E-state index in [9.17, 15) is 9.59 Å². The minimum absolute atomic E-state index is 0.0126. The SMILES string of the molecule is CCC1C(=O)NC2(CCCC2)C(=O)N1CC(C)COC. The molecule has 2 atom stereocenters. The van der Waals surface area contributed by atoms with Gasteiger partial charge in [-0.2, -0.15) is 0 Å². The summed E-state index contributed by atoms with van der Waals surface area (Å²) in [5.74, 6) is 0.366. The average Bonchev–Trinajstić information content (AvgIpc) is 2.86. The predicted molar refractivity (Wildman–Crippen MR) is 76.2 cm³/mol. The first-order valence-electron chi connectivity index (χ1n) is 7.66. The lowest BCUT2D eigenvalue weighted by molar-refractivity contribution is -0.156. The molecule has 2 fully saturated rings. The third-order valence-corrected chi connectivity index (χ3v) is 4.51. The van der Waals surface area contributed by atoms with Gasteiger partial charge in [0.15, 0.2) is 0 Å². The third kappa shape index (κ3) is 2.68. The van der Waals surface area contributed by atoms with Crippen LogP contribution in [0.5, 0.6) is 0 Å². The molecule has 1 spiro atoms. The zero-order valence-corrected chi connectivity index (χ0v) is 12.8. The number of hydrogen-bond donors (Lipinski definition) is 1. The highest BCUT2D eigenvalue weighted by Crippen LogP contribution is 2.35. The van der Waals surface area contributed by atoms with Crippen LogP contribution in [0.25, 0.3) is 0 Å². The Morgan fingerprint density at radius 2 is 2.05 bits per heavy atom. The Bertz CT molecular complexity index is 377. The molecule has 5 nitrogen and oxygen atoms in total. The van der Waals surface area contributed by atoms with Crippen molar-refractivity contribution >= 4 is 11.8 Å². The van der Waals surface area contributed by atoms with Gasteiger partial charge in [0.2, 0.25) is 11.8 Å². The van der Waals surface area contributed by atoms with Crippen LogP contribution in [0.15, 0.2) is 0 Å². The van der Waals surface area contributed by atoms with E-state index in [1.165, 1.54) is 0 Å². The second-order valence-corrected chi connectivity index (χ2v) is 6.22. The van der Waals surface area contributed by atoms with Gasteiger partial charge < -0.3 is 15.0 Å². The van der Waals surface area contributed by atoms with Crippen LogP contribution in [0.3, 0.4) is 0 Å². The summed E-state index contributed by atoms with van der Waals surface area (Å²) in [6, 6.07) is -0.326. The van der Waals surface area contributed by atoms with Gasteiger partial charge in [-0.05, 0) is 25.2 Å². The van der Waals surface area contributed by atoms with Gasteiger partial charge >= 0.3 is 0 Å². The fourth-order valence-electron chi connectivity index (χ4n) is 3.54. The number of carbonyl (C=O) groups excluding carboxylic acids is 2. The zero-order chi connectivity index (χ0) is 14.8. The van der Waals surface area contributed by atoms with Crippen molar-refractivity contribution in [3.8, 4) is 0 Å². The molecule has 1 heterocycles. The standard InChI is InChI=1S/C15H26N2O3/c1-4-12-13(18)16-15(7-5-6-8-15)14(19)17(12)9-11(2)10-20-3/h11-12H,4-10H2,1-3H3,(H,16,18). The fraction of sp³-hybridized carbons (Fsp3) is 0.867. The molecule has 1 aliphatic carbocycles. The molecule has 1 N–H and O–H groups in total. The summed E-state index contributed by atoms with van der Waals surface area (Å²) in [6.07, 6.45) is 4.26. The summed E-state index contributed by atoms with van der Waals surface area (Å²) in [5, 5.41) is 3.02. The van der Waals surface area contributed by atoms with Gasteiger partial charge in [-0.1, -0.05) is 26.7 Å². The summed E-state index contributed by atoms with van der Waals surface area (Å²) in [6.45, 7) is 5.21. The van der Waals surface area contributed by atoms with Crippen LogP contribution < -0.4 is 5.32 Å². The monoisotopic (exact) mass is 282 g/mol. The number of hydrogen-bond acceptors (Lipinski definition) is 3. The molecule has 0 aromatic carbocycles. The van der Waals surface area contributed by atoms with E-state index >= 15 is 0 Å². The van der Waals surface area contributed by atoms with Crippen molar-refractivity contribution in [2.24, 2.45) is 5.92 Å². The van der Waals surface area contributed by atoms with E-state index in [1.807, 2.05) is 6.92 Å². The molecule has 2 amide bonds. The van der Waals surface area contributed by atoms with Crippen molar-refractivity contribution in [2.75, 3.05) is 20.3 Å². The molecule has 1 saturated carbocycles. The Kier molecular flexibility index (Phi) is 4.68. The van der Waals surface area contributed by atoms with E-state index in [2.05, 4.69) is 12.2 Å². The second-order valence-electron chi connectivity index (χ2n) is 6.22. The van der Waals surface area contributed by atoms with E-state index in [4.69, 9.17) is 4.74 Å². The fourth-order valence-corrected chi connectivity index (χ4v) is 3.54. The van der Waals surface area contributed by atoms with Crippen molar-refractivity contribution in [3.63, 3.8) is 0 Å². The van der Waals surface area contributed by atoms with Gasteiger partial charge in [0, 0.05) is 13.7 Å². The van der Waals surface area contributed by atoms with Crippen LogP contribution in [-0.2, 0) is 14.3 Å². The van der Waals surface area contributed by atoms with E-state index < -0.39 is 5.54 Å². The third-order valence-electron chi connectivity index (χ3n) is 4.51. The van der Waals surface area contributed by atoms with Crippen LogP contribution in [0.1, 0.15) is 46.0 Å². The highest BCUT2D eigenvalue weighted by Gasteiger charge is 2.51. The molecule has 2 unspecified atom stereocenters. The highest BCUT2D eigenvalue weighted by atomic mass is 16.5. The maximum atomic E-state index is 12.9. The quantitative estimate of drug-likeness (QED) is 0.827. The van der Waals surface area contributed by atoms with Gasteiger partial charge in [0.05, 0.1) is 6.61 Å². The second kappa shape index (κ2) is 6.12. The average molecular weight is 282 g/mol. The first-order chi connectivity index (χ1) is 9.54. The summed E-state index contributed by atoms with van der Waals surface area (Å²) in [4.78, 5) is 27.0. The lowest BCUT2D eigenvalue weighted by Crippen LogP contribution is -2.69. The molecule has 0 radical (unpaired) electrons. The molecule has 5 heteroatoms. The number of nitrogens with zero attached hydrogens (tertiary/aromatic N) is 1. The van der Waals surface area contributed by atoms with E-state index in [0.717, 1.165) is 25.7 Å². The van der Waals surface area contributed by atoms with Crippen LogP contribution in [0, 0.1) is 5.92 Å². The zero-order valence-electron chi connectivity index (χ0n) is 12.8. The van der Waals surface area contributed by atoms with Crippen molar-refractivity contribution in [1.82, 2.24) is 10.2 Å². The van der Waals surface area contributed by atoms with Crippen LogP contribution in [0.4, 0.5) is 0 Å². The molecule has 1 saturated heterocycles. The number of amides is 2. The summed E-state index contributed by atoms with van der Waals surface area (Å²) in [7, 11) is 1.66. The lowest BCUT2D eigenvalue weighted by atomic mass is 9.89. The number of ether oxygens (including phenoxy) is 1. The predicted octanol–water partition coefficient (Wildman–Crippen LogP) is 1.32. The number of nitrogens with one attached hydrogen (secondary N) is 1. The van der Waals surface area contributed by atoms with E-state index in [1.54, 1.807) is 12.0 Å². The molecule has 2 aliphatic rings. The maximum absolute atomic E-state index is 12.9. The highest BCUT2D eigenvalue weighted by molar-refractivity contribution is 6.00. The van der Waals surface area contributed by atoms with Gasteiger partial charge in [0.1, 0.15) is 11.6 Å². The van der Waals surface area contributed by atoms with E-state index in [-0.39, 0.29) is 23.8 Å². The number of rotatable bonds is 5. The van der Waals surface area contributed by atoms with Gasteiger partial charge in [-0.25, -0.2) is 0 Å². The largest absolute Gasteiger partial charge is 0.384 e. The molecule has 20 heavy (non-hydrogen) atoms. The Morgan fingerprint density at radius 1 is 1.40 bits per heavy atom. The molecule has 2 rings (SSSR count). The lowest BCUT2D eigenvalue weighted by Gasteiger charge is -2.45. The number of piperazine rings is 1. The van der Waals surface area contributed by atoms with Crippen molar-refractivity contribution in [3.05, 3.63) is 0 Å². The van der Waals surface area contributed by atoms with E-state index in [0.29, 0.717) is 19.6 Å². The maximum Gasteiger partial charge on any atom is 0.249 e. The van der Waals surface area contributed by atoms with Gasteiger partial charge in [-0.3, -0.25) is 9.59 Å². The topological polar surface area (TPSA) is 58.6 Å². The molecular weight excluding hydrogens is 256 g/mol. The Labute approximate surface area is 121 Å². The molecule has 0 bridgehead atoms. The number of carbonyl (C=O) groups is 2. The summed E-state index contributed by atoms with van der Waals surface area (Å²) in [5.41, 5.74) is -0.616. The van der Waals surface area contributed by atoms with Crippen LogP contribution in [-0.4, -0.2) is 48.6 Å². The number of methoxy groups -OCH3 is 1. The Morgan fingerprint density at radius 3 is 2.60 bits per heavy atom. The Balaban J connectivity index is 2.19. The van der Waals surface area contributed by atoms with Gasteiger partial charge in [0.25, 0.3) is 0 Å². The normalized spacial score (nSPS) is 26.9. The smallest absolute Gasteiger partial charge is 0.249 e. The first kappa shape index (κ1) is 15.3. The molecule has 0 aromatic rings. The minimum atomic E-state index is -0.616. The van der Waals surface area contributed by atoms with Crippen LogP contribution in [0.2, 0.25) is 0 Å². The Hall–Kier alpha value is -1.10. The van der Waals surface area contributed by atoms with Crippen molar-refractivity contribution in [2.45, 2.75) is 57.5 Å². The molecule has 114 valence electrons.